The second kappa shape index (κ2) is 9.18. The summed E-state index contributed by atoms with van der Waals surface area (Å²) in [6.45, 7) is 0. The van der Waals surface area contributed by atoms with E-state index in [9.17, 15) is 0 Å². The highest BCUT2D eigenvalue weighted by Crippen LogP contribution is 2.39. The van der Waals surface area contributed by atoms with E-state index in [0.717, 1.165) is 39.4 Å². The molecule has 0 unspecified atom stereocenters. The van der Waals surface area contributed by atoms with E-state index in [-0.39, 0.29) is 0 Å². The Morgan fingerprint density at radius 1 is 0.289 bits per heavy atom. The predicted octanol–water partition coefficient (Wildman–Crippen LogP) is 10.4. The summed E-state index contributed by atoms with van der Waals surface area (Å²) in [5.74, 6) is 1.78. The van der Waals surface area contributed by atoms with Crippen molar-refractivity contribution in [3.05, 3.63) is 158 Å². The lowest BCUT2D eigenvalue weighted by Gasteiger charge is -2.15. The standard InChI is InChI=1S/C41H26N4/c1-6-19-33-27(13-1)28-14-2-7-20-34(28)43(33)38-24-11-18-32-31-17-5-10-23-37(31)45(41(32)38)40-26-12-25-39(42-40)44-35-21-8-3-15-29(35)30-16-4-9-22-36(30)44/h1-26H. The number of benzene rings is 6. The van der Waals surface area contributed by atoms with Crippen molar-refractivity contribution in [3.8, 4) is 17.3 Å². The molecule has 210 valence electrons. The molecule has 0 atom stereocenters. The molecule has 0 fully saturated rings. The monoisotopic (exact) mass is 574 g/mol. The summed E-state index contributed by atoms with van der Waals surface area (Å²) < 4.78 is 7.05. The van der Waals surface area contributed by atoms with Crippen LogP contribution in [0.3, 0.4) is 0 Å². The number of rotatable bonds is 3. The van der Waals surface area contributed by atoms with Gasteiger partial charge in [0.2, 0.25) is 0 Å². The fraction of sp³-hybridized carbons (Fsp3) is 0. The molecule has 10 aromatic rings. The molecule has 0 aliphatic carbocycles. The summed E-state index contributed by atoms with van der Waals surface area (Å²) in [6.07, 6.45) is 0. The summed E-state index contributed by atoms with van der Waals surface area (Å²) in [6, 6.07) is 56.3. The van der Waals surface area contributed by atoms with Crippen LogP contribution in [0, 0.1) is 0 Å². The Balaban J connectivity index is 1.32. The van der Waals surface area contributed by atoms with Crippen molar-refractivity contribution < 1.29 is 0 Å². The molecule has 0 bridgehead atoms. The molecule has 4 nitrogen and oxygen atoms in total. The number of nitrogens with zero attached hydrogens (tertiary/aromatic N) is 4. The van der Waals surface area contributed by atoms with Crippen LogP contribution in [0.4, 0.5) is 0 Å². The zero-order valence-corrected chi connectivity index (χ0v) is 24.3. The summed E-state index contributed by atoms with van der Waals surface area (Å²) in [5.41, 5.74) is 8.08. The first-order valence-corrected chi connectivity index (χ1v) is 15.3. The summed E-state index contributed by atoms with van der Waals surface area (Å²) in [7, 11) is 0. The number of fused-ring (bicyclic) bond motifs is 9. The first-order chi connectivity index (χ1) is 22.4. The second-order valence-corrected chi connectivity index (χ2v) is 11.6. The SMILES string of the molecule is c1cc(-n2c3ccccc3c3ccccc32)nc(-n2c3ccccc3c3cccc(-n4c5ccccc5c5ccccc54)c32)c1. The molecular weight excluding hydrogens is 548 g/mol. The molecule has 0 radical (unpaired) electrons. The molecule has 0 saturated carbocycles. The smallest absolute Gasteiger partial charge is 0.140 e. The molecule has 6 aromatic carbocycles. The van der Waals surface area contributed by atoms with Crippen LogP contribution in [0.25, 0.3) is 82.7 Å². The molecule has 4 aromatic heterocycles. The molecule has 0 aliphatic rings. The van der Waals surface area contributed by atoms with Gasteiger partial charge in [-0.1, -0.05) is 109 Å². The van der Waals surface area contributed by atoms with Crippen LogP contribution in [0.2, 0.25) is 0 Å². The topological polar surface area (TPSA) is 27.7 Å². The lowest BCUT2D eigenvalue weighted by atomic mass is 10.1. The van der Waals surface area contributed by atoms with E-state index < -0.39 is 0 Å². The minimum Gasteiger partial charge on any atom is -0.307 e. The van der Waals surface area contributed by atoms with Crippen molar-refractivity contribution in [3.63, 3.8) is 0 Å². The van der Waals surface area contributed by atoms with Gasteiger partial charge in [-0.15, -0.1) is 0 Å². The first-order valence-electron chi connectivity index (χ1n) is 15.3. The first kappa shape index (κ1) is 24.3. The normalized spacial score (nSPS) is 12.0. The zero-order valence-electron chi connectivity index (χ0n) is 24.3. The van der Waals surface area contributed by atoms with Crippen LogP contribution in [-0.2, 0) is 0 Å². The Bertz CT molecular complexity index is 2670. The molecule has 0 N–H and O–H groups in total. The van der Waals surface area contributed by atoms with Gasteiger partial charge in [-0.25, -0.2) is 4.98 Å². The van der Waals surface area contributed by atoms with Crippen molar-refractivity contribution in [2.24, 2.45) is 0 Å². The fourth-order valence-electron chi connectivity index (χ4n) is 7.43. The summed E-state index contributed by atoms with van der Waals surface area (Å²) in [5, 5.41) is 7.36. The van der Waals surface area contributed by atoms with Gasteiger partial charge >= 0.3 is 0 Å². The molecule has 4 heterocycles. The number of aromatic nitrogens is 4. The molecule has 4 heteroatoms. The molecule has 0 aliphatic heterocycles. The van der Waals surface area contributed by atoms with Crippen molar-refractivity contribution in [2.75, 3.05) is 0 Å². The number of hydrogen-bond acceptors (Lipinski definition) is 1. The molecule has 10 rings (SSSR count). The summed E-state index contributed by atoms with van der Waals surface area (Å²) >= 11 is 0. The average molecular weight is 575 g/mol. The Morgan fingerprint density at radius 3 is 1.16 bits per heavy atom. The lowest BCUT2D eigenvalue weighted by molar-refractivity contribution is 1.01. The van der Waals surface area contributed by atoms with Gasteiger partial charge in [0.05, 0.1) is 38.8 Å². The predicted molar refractivity (Wildman–Crippen MR) is 187 cm³/mol. The maximum absolute atomic E-state index is 5.42. The molecule has 0 amide bonds. The van der Waals surface area contributed by atoms with Gasteiger partial charge in [0, 0.05) is 32.3 Å². The maximum atomic E-state index is 5.42. The van der Waals surface area contributed by atoms with Gasteiger partial charge in [-0.3, -0.25) is 9.13 Å². The van der Waals surface area contributed by atoms with E-state index in [1.807, 2.05) is 0 Å². The highest BCUT2D eigenvalue weighted by Gasteiger charge is 2.21. The third kappa shape index (κ3) is 3.34. The highest BCUT2D eigenvalue weighted by molar-refractivity contribution is 6.15. The van der Waals surface area contributed by atoms with Crippen LogP contribution in [0.15, 0.2) is 158 Å². The van der Waals surface area contributed by atoms with Crippen molar-refractivity contribution in [2.45, 2.75) is 0 Å². The van der Waals surface area contributed by atoms with Crippen molar-refractivity contribution in [1.82, 2.24) is 18.7 Å². The molecule has 0 saturated heterocycles. The van der Waals surface area contributed by atoms with Crippen LogP contribution >= 0.6 is 0 Å². The minimum atomic E-state index is 0.883. The Labute approximate surface area is 258 Å². The van der Waals surface area contributed by atoms with E-state index in [1.165, 1.54) is 43.4 Å². The van der Waals surface area contributed by atoms with Crippen molar-refractivity contribution in [1.29, 1.82) is 0 Å². The largest absolute Gasteiger partial charge is 0.307 e. The van der Waals surface area contributed by atoms with E-state index >= 15 is 0 Å². The summed E-state index contributed by atoms with van der Waals surface area (Å²) in [4.78, 5) is 5.42. The van der Waals surface area contributed by atoms with Gasteiger partial charge in [0.15, 0.2) is 0 Å². The fourth-order valence-corrected chi connectivity index (χ4v) is 7.43. The minimum absolute atomic E-state index is 0.883. The molecule has 0 spiro atoms. The van der Waals surface area contributed by atoms with Crippen LogP contribution < -0.4 is 0 Å². The number of para-hydroxylation sites is 6. The van der Waals surface area contributed by atoms with Gasteiger partial charge < -0.3 is 4.57 Å². The number of pyridine rings is 1. The Kier molecular flexibility index (Phi) is 4.96. The average Bonchev–Trinajstić information content (AvgIpc) is 3.74. The lowest BCUT2D eigenvalue weighted by Crippen LogP contribution is -2.05. The maximum Gasteiger partial charge on any atom is 0.140 e. The third-order valence-corrected chi connectivity index (χ3v) is 9.25. The Morgan fingerprint density at radius 2 is 0.644 bits per heavy atom. The van der Waals surface area contributed by atoms with E-state index in [0.29, 0.717) is 0 Å². The van der Waals surface area contributed by atoms with E-state index in [4.69, 9.17) is 4.98 Å². The quantitative estimate of drug-likeness (QED) is 0.206. The van der Waals surface area contributed by atoms with Gasteiger partial charge in [-0.05, 0) is 48.5 Å². The van der Waals surface area contributed by atoms with E-state index in [1.54, 1.807) is 0 Å². The second-order valence-electron chi connectivity index (χ2n) is 11.6. The van der Waals surface area contributed by atoms with Crippen molar-refractivity contribution >= 4 is 65.4 Å². The van der Waals surface area contributed by atoms with Crippen LogP contribution in [0.5, 0.6) is 0 Å². The van der Waals surface area contributed by atoms with Crippen LogP contribution in [0.1, 0.15) is 0 Å². The van der Waals surface area contributed by atoms with Gasteiger partial charge in [0.25, 0.3) is 0 Å². The number of hydrogen-bond donors (Lipinski definition) is 0. The third-order valence-electron chi connectivity index (χ3n) is 9.25. The van der Waals surface area contributed by atoms with Crippen LogP contribution in [-0.4, -0.2) is 18.7 Å². The molecule has 45 heavy (non-hydrogen) atoms. The zero-order chi connectivity index (χ0) is 29.5. The van der Waals surface area contributed by atoms with Gasteiger partial charge in [0.1, 0.15) is 11.6 Å². The van der Waals surface area contributed by atoms with E-state index in [2.05, 4.69) is 171 Å². The highest BCUT2D eigenvalue weighted by atomic mass is 15.1. The van der Waals surface area contributed by atoms with Gasteiger partial charge in [-0.2, -0.15) is 0 Å². The molecular formula is C41H26N4. The Hall–Kier alpha value is -6.13.